The fourth-order valence-electron chi connectivity index (χ4n) is 1.43. The lowest BCUT2D eigenvalue weighted by Gasteiger charge is -2.02. The van der Waals surface area contributed by atoms with E-state index >= 15 is 0 Å². The Hall–Kier alpha value is -2.39. The maximum atomic E-state index is 12.8. The normalized spacial score (nSPS) is 11.2. The molecule has 0 saturated heterocycles. The van der Waals surface area contributed by atoms with Crippen molar-refractivity contribution in [3.8, 4) is 0 Å². The van der Waals surface area contributed by atoms with Crippen LogP contribution in [0.25, 0.3) is 0 Å². The molecule has 0 aliphatic heterocycles. The van der Waals surface area contributed by atoms with Crippen LogP contribution >= 0.6 is 0 Å². The van der Waals surface area contributed by atoms with E-state index in [9.17, 15) is 13.6 Å². The fraction of sp³-hybridized carbons (Fsp3) is 0.444. The highest BCUT2D eigenvalue weighted by Crippen LogP contribution is 2.22. The van der Waals surface area contributed by atoms with Gasteiger partial charge < -0.3 is 9.52 Å². The quantitative estimate of drug-likeness (QED) is 0.862. The van der Waals surface area contributed by atoms with Gasteiger partial charge in [0.05, 0.1) is 0 Å². The first-order chi connectivity index (χ1) is 9.02. The van der Waals surface area contributed by atoms with Crippen LogP contribution in [0.4, 0.5) is 8.78 Å². The fourth-order valence-corrected chi connectivity index (χ4v) is 1.43. The average Bonchev–Trinajstić information content (AvgIpc) is 2.95. The minimum atomic E-state index is -3.02. The minimum Gasteiger partial charge on any atom is -0.476 e. The van der Waals surface area contributed by atoms with Crippen molar-refractivity contribution in [2.45, 2.75) is 26.3 Å². The summed E-state index contributed by atoms with van der Waals surface area (Å²) in [5, 5.41) is 22.6. The van der Waals surface area contributed by atoms with Gasteiger partial charge in [-0.1, -0.05) is 12.1 Å². The zero-order valence-electron chi connectivity index (χ0n) is 9.75. The third-order valence-corrected chi connectivity index (χ3v) is 2.28. The van der Waals surface area contributed by atoms with Gasteiger partial charge in [-0.2, -0.15) is 0 Å². The van der Waals surface area contributed by atoms with Crippen LogP contribution in [0.5, 0.6) is 0 Å². The second-order valence-electron chi connectivity index (χ2n) is 3.53. The Bertz CT molecular complexity index is 594. The Morgan fingerprint density at radius 1 is 1.37 bits per heavy atom. The second kappa shape index (κ2) is 5.08. The van der Waals surface area contributed by atoms with Gasteiger partial charge in [0.25, 0.3) is 6.43 Å². The van der Waals surface area contributed by atoms with Crippen LogP contribution in [0.2, 0.25) is 0 Å². The van der Waals surface area contributed by atoms with Crippen molar-refractivity contribution >= 4 is 5.97 Å². The number of aryl methyl sites for hydroxylation is 1. The van der Waals surface area contributed by atoms with Crippen LogP contribution in [0, 0.1) is 0 Å². The topological polar surface area (TPSA) is 107 Å². The highest BCUT2D eigenvalue weighted by Gasteiger charge is 2.27. The molecule has 19 heavy (non-hydrogen) atoms. The molecule has 10 heteroatoms. The Morgan fingerprint density at radius 3 is 2.58 bits per heavy atom. The molecule has 0 unspecified atom stereocenters. The molecule has 0 fully saturated rings. The van der Waals surface area contributed by atoms with E-state index in [1.54, 1.807) is 6.92 Å². The van der Waals surface area contributed by atoms with E-state index in [0.717, 1.165) is 4.68 Å². The molecule has 0 amide bonds. The number of carbonyl (C=O) groups is 1. The Morgan fingerprint density at radius 2 is 2.05 bits per heavy atom. The van der Waals surface area contributed by atoms with Crippen molar-refractivity contribution in [2.75, 3.05) is 0 Å². The van der Waals surface area contributed by atoms with E-state index in [2.05, 4.69) is 20.5 Å². The van der Waals surface area contributed by atoms with E-state index in [0.29, 0.717) is 12.3 Å². The standard InChI is InChI=1S/C9H9F2N5O3/c1-2-4-12-13-5(19-4)3-16-7(8(10)11)6(9(17)18)14-15-16/h8H,2-3H2,1H3,(H,17,18). The molecular weight excluding hydrogens is 264 g/mol. The van der Waals surface area contributed by atoms with E-state index in [4.69, 9.17) is 9.52 Å². The van der Waals surface area contributed by atoms with E-state index in [1.807, 2.05) is 0 Å². The van der Waals surface area contributed by atoms with Crippen LogP contribution in [-0.4, -0.2) is 36.3 Å². The molecule has 2 aromatic heterocycles. The number of aromatic carboxylic acids is 1. The molecule has 0 atom stereocenters. The lowest BCUT2D eigenvalue weighted by Crippen LogP contribution is -2.10. The van der Waals surface area contributed by atoms with Crippen molar-refractivity contribution < 1.29 is 23.1 Å². The van der Waals surface area contributed by atoms with Crippen molar-refractivity contribution in [1.29, 1.82) is 0 Å². The van der Waals surface area contributed by atoms with Gasteiger partial charge in [-0.25, -0.2) is 18.3 Å². The molecule has 2 rings (SSSR count). The Labute approximate surface area is 105 Å². The second-order valence-corrected chi connectivity index (χ2v) is 3.53. The summed E-state index contributed by atoms with van der Waals surface area (Å²) in [6, 6.07) is 0. The highest BCUT2D eigenvalue weighted by molar-refractivity contribution is 5.86. The highest BCUT2D eigenvalue weighted by atomic mass is 19.3. The summed E-state index contributed by atoms with van der Waals surface area (Å²) in [4.78, 5) is 10.7. The third-order valence-electron chi connectivity index (χ3n) is 2.28. The molecule has 0 aliphatic carbocycles. The molecule has 0 saturated carbocycles. The number of nitrogens with zero attached hydrogens (tertiary/aromatic N) is 5. The molecule has 102 valence electrons. The number of rotatable bonds is 5. The van der Waals surface area contributed by atoms with Crippen LogP contribution in [0.15, 0.2) is 4.42 Å². The van der Waals surface area contributed by atoms with Gasteiger partial charge in [0.2, 0.25) is 11.8 Å². The monoisotopic (exact) mass is 273 g/mol. The van der Waals surface area contributed by atoms with Gasteiger partial charge in [0, 0.05) is 6.42 Å². The molecule has 0 radical (unpaired) electrons. The van der Waals surface area contributed by atoms with Crippen LogP contribution in [0.1, 0.15) is 41.3 Å². The van der Waals surface area contributed by atoms with E-state index < -0.39 is 23.8 Å². The number of carboxylic acids is 1. The van der Waals surface area contributed by atoms with Crippen LogP contribution in [-0.2, 0) is 13.0 Å². The number of alkyl halides is 2. The van der Waals surface area contributed by atoms with Crippen molar-refractivity contribution in [1.82, 2.24) is 25.2 Å². The first-order valence-corrected chi connectivity index (χ1v) is 5.29. The van der Waals surface area contributed by atoms with Crippen LogP contribution < -0.4 is 0 Å². The number of aromatic nitrogens is 5. The van der Waals surface area contributed by atoms with Crippen LogP contribution in [0.3, 0.4) is 0 Å². The predicted octanol–water partition coefficient (Wildman–Crippen LogP) is 0.908. The molecule has 0 aliphatic rings. The minimum absolute atomic E-state index is 0.0561. The zero-order valence-corrected chi connectivity index (χ0v) is 9.75. The Kier molecular flexibility index (Phi) is 3.49. The summed E-state index contributed by atoms with van der Waals surface area (Å²) in [7, 11) is 0. The number of hydrogen-bond acceptors (Lipinski definition) is 6. The molecule has 2 aromatic rings. The summed E-state index contributed by atoms with van der Waals surface area (Å²) >= 11 is 0. The number of carboxylic acid groups (broad SMARTS) is 1. The molecule has 0 bridgehead atoms. The van der Waals surface area contributed by atoms with Gasteiger partial charge in [-0.15, -0.1) is 15.3 Å². The number of halogens is 2. The number of hydrogen-bond donors (Lipinski definition) is 1. The van der Waals surface area contributed by atoms with Gasteiger partial charge in [0.1, 0.15) is 12.2 Å². The summed E-state index contributed by atoms with van der Waals surface area (Å²) < 4.78 is 31.5. The maximum Gasteiger partial charge on any atom is 0.358 e. The summed E-state index contributed by atoms with van der Waals surface area (Å²) in [5.41, 5.74) is -1.58. The largest absolute Gasteiger partial charge is 0.476 e. The lowest BCUT2D eigenvalue weighted by molar-refractivity contribution is 0.0675. The molecule has 0 spiro atoms. The van der Waals surface area contributed by atoms with E-state index in [-0.39, 0.29) is 12.4 Å². The molecule has 8 nitrogen and oxygen atoms in total. The molecular formula is C9H9F2N5O3. The first kappa shape index (κ1) is 13.1. The smallest absolute Gasteiger partial charge is 0.358 e. The Balaban J connectivity index is 2.32. The maximum absolute atomic E-state index is 12.8. The zero-order chi connectivity index (χ0) is 14.0. The van der Waals surface area contributed by atoms with Crippen molar-refractivity contribution in [3.63, 3.8) is 0 Å². The SMILES string of the molecule is CCc1nnc(Cn2nnc(C(=O)O)c2C(F)F)o1. The summed E-state index contributed by atoms with van der Waals surface area (Å²) in [6.07, 6.45) is -2.51. The first-order valence-electron chi connectivity index (χ1n) is 5.29. The third kappa shape index (κ3) is 2.56. The van der Waals surface area contributed by atoms with Gasteiger partial charge in [-0.3, -0.25) is 0 Å². The molecule has 2 heterocycles. The molecule has 1 N–H and O–H groups in total. The van der Waals surface area contributed by atoms with Crippen molar-refractivity contribution in [3.05, 3.63) is 23.2 Å². The van der Waals surface area contributed by atoms with E-state index in [1.165, 1.54) is 0 Å². The van der Waals surface area contributed by atoms with Gasteiger partial charge in [-0.05, 0) is 0 Å². The lowest BCUT2D eigenvalue weighted by atomic mass is 10.3. The van der Waals surface area contributed by atoms with Gasteiger partial charge in [0.15, 0.2) is 5.69 Å². The van der Waals surface area contributed by atoms with Crippen molar-refractivity contribution in [2.24, 2.45) is 0 Å². The molecule has 0 aromatic carbocycles. The van der Waals surface area contributed by atoms with Gasteiger partial charge >= 0.3 is 5.97 Å². The summed E-state index contributed by atoms with van der Waals surface area (Å²) in [5.74, 6) is -1.16. The summed E-state index contributed by atoms with van der Waals surface area (Å²) in [6.45, 7) is 1.53. The average molecular weight is 273 g/mol. The predicted molar refractivity (Wildman–Crippen MR) is 54.7 cm³/mol.